The molecule has 3 heterocycles. The highest BCUT2D eigenvalue weighted by Crippen LogP contribution is 2.18. The molecule has 0 aliphatic heterocycles. The van der Waals surface area contributed by atoms with Crippen LogP contribution in [0.15, 0.2) is 55.0 Å². The van der Waals surface area contributed by atoms with Crippen LogP contribution < -0.4 is 5.73 Å². The van der Waals surface area contributed by atoms with Gasteiger partial charge in [-0.2, -0.15) is 5.10 Å². The zero-order valence-corrected chi connectivity index (χ0v) is 10.8. The molecule has 0 amide bonds. The molecule has 0 atom stereocenters. The van der Waals surface area contributed by atoms with Crippen molar-refractivity contribution in [2.24, 2.45) is 0 Å². The van der Waals surface area contributed by atoms with Gasteiger partial charge in [0.15, 0.2) is 0 Å². The van der Waals surface area contributed by atoms with E-state index in [4.69, 9.17) is 5.73 Å². The first-order valence-corrected chi connectivity index (χ1v) is 6.43. The van der Waals surface area contributed by atoms with E-state index in [1.165, 1.54) is 0 Å². The van der Waals surface area contributed by atoms with Crippen molar-refractivity contribution in [2.45, 2.75) is 6.54 Å². The molecule has 4 aromatic rings. The maximum Gasteiger partial charge on any atom is 0.137 e. The van der Waals surface area contributed by atoms with Gasteiger partial charge in [-0.3, -0.25) is 4.68 Å². The maximum absolute atomic E-state index is 5.85. The predicted octanol–water partition coefficient (Wildman–Crippen LogP) is 2.31. The molecule has 0 aliphatic rings. The number of aromatic nitrogens is 4. The van der Waals surface area contributed by atoms with Crippen molar-refractivity contribution in [3.8, 4) is 0 Å². The van der Waals surface area contributed by atoms with Crippen LogP contribution in [-0.4, -0.2) is 19.2 Å². The van der Waals surface area contributed by atoms with Crippen molar-refractivity contribution >= 4 is 22.2 Å². The van der Waals surface area contributed by atoms with Crippen molar-refractivity contribution in [1.29, 1.82) is 0 Å². The fourth-order valence-electron chi connectivity index (χ4n) is 2.43. The van der Waals surface area contributed by atoms with Gasteiger partial charge in [0.2, 0.25) is 0 Å². The van der Waals surface area contributed by atoms with Crippen LogP contribution in [0.25, 0.3) is 16.6 Å². The molecule has 0 radical (unpaired) electrons. The summed E-state index contributed by atoms with van der Waals surface area (Å²) in [5.41, 5.74) is 9.54. The van der Waals surface area contributed by atoms with Crippen LogP contribution in [0.3, 0.4) is 0 Å². The zero-order valence-electron chi connectivity index (χ0n) is 10.8. The highest BCUT2D eigenvalue weighted by molar-refractivity contribution is 5.81. The lowest BCUT2D eigenvalue weighted by Gasteiger charge is -2.01. The monoisotopic (exact) mass is 263 g/mol. The van der Waals surface area contributed by atoms with Crippen LogP contribution in [-0.2, 0) is 6.54 Å². The third kappa shape index (κ3) is 1.72. The van der Waals surface area contributed by atoms with Crippen molar-refractivity contribution in [3.05, 3.63) is 60.7 Å². The van der Waals surface area contributed by atoms with Gasteiger partial charge < -0.3 is 10.1 Å². The van der Waals surface area contributed by atoms with Gasteiger partial charge in [-0.25, -0.2) is 4.98 Å². The molecule has 1 aromatic carbocycles. The Morgan fingerprint density at radius 1 is 1.15 bits per heavy atom. The fraction of sp³-hybridized carbons (Fsp3) is 0.0667. The second kappa shape index (κ2) is 4.09. The number of imidazole rings is 1. The summed E-state index contributed by atoms with van der Waals surface area (Å²) in [6.45, 7) is 0.634. The number of pyridine rings is 1. The van der Waals surface area contributed by atoms with Crippen molar-refractivity contribution in [2.75, 3.05) is 5.73 Å². The minimum atomic E-state index is 0.634. The number of anilines is 1. The Bertz CT molecular complexity index is 870. The van der Waals surface area contributed by atoms with E-state index in [1.807, 2.05) is 64.1 Å². The molecule has 0 unspecified atom stereocenters. The highest BCUT2D eigenvalue weighted by atomic mass is 15.3. The predicted molar refractivity (Wildman–Crippen MR) is 78.4 cm³/mol. The summed E-state index contributed by atoms with van der Waals surface area (Å²) in [5, 5.41) is 5.50. The number of fused-ring (bicyclic) bond motifs is 2. The molecule has 0 saturated carbocycles. The van der Waals surface area contributed by atoms with Gasteiger partial charge in [-0.15, -0.1) is 0 Å². The van der Waals surface area contributed by atoms with Crippen LogP contribution in [0.4, 0.5) is 5.69 Å². The number of hydrogen-bond donors (Lipinski definition) is 1. The molecule has 5 heteroatoms. The smallest absolute Gasteiger partial charge is 0.137 e. The second-order valence-electron chi connectivity index (χ2n) is 4.82. The molecule has 98 valence electrons. The van der Waals surface area contributed by atoms with E-state index in [0.717, 1.165) is 27.9 Å². The Morgan fingerprint density at radius 2 is 2.10 bits per heavy atom. The number of benzene rings is 1. The van der Waals surface area contributed by atoms with E-state index in [9.17, 15) is 0 Å². The number of nitrogens with zero attached hydrogens (tertiary/aromatic N) is 4. The lowest BCUT2D eigenvalue weighted by atomic mass is 10.2. The normalized spacial score (nSPS) is 11.4. The van der Waals surface area contributed by atoms with Crippen LogP contribution in [0.1, 0.15) is 5.69 Å². The van der Waals surface area contributed by atoms with E-state index in [0.29, 0.717) is 6.54 Å². The lowest BCUT2D eigenvalue weighted by molar-refractivity contribution is 0.700. The fourth-order valence-corrected chi connectivity index (χ4v) is 2.43. The molecule has 0 aliphatic carbocycles. The first kappa shape index (κ1) is 11.0. The Kier molecular flexibility index (Phi) is 2.26. The Labute approximate surface area is 115 Å². The van der Waals surface area contributed by atoms with Gasteiger partial charge in [-0.05, 0) is 30.3 Å². The molecule has 2 N–H and O–H groups in total. The summed E-state index contributed by atoms with van der Waals surface area (Å²) >= 11 is 0. The van der Waals surface area contributed by atoms with E-state index < -0.39 is 0 Å². The summed E-state index contributed by atoms with van der Waals surface area (Å²) in [7, 11) is 0. The maximum atomic E-state index is 5.85. The number of nitrogen functional groups attached to an aromatic ring is 1. The highest BCUT2D eigenvalue weighted by Gasteiger charge is 2.06. The summed E-state index contributed by atoms with van der Waals surface area (Å²) in [4.78, 5) is 4.59. The van der Waals surface area contributed by atoms with Crippen molar-refractivity contribution in [3.63, 3.8) is 0 Å². The first-order chi connectivity index (χ1) is 9.79. The van der Waals surface area contributed by atoms with E-state index >= 15 is 0 Å². The standard InChI is InChI=1S/C15H13N5/c16-12-5-4-11-8-17-20(14(11)7-12)10-13-9-19-6-2-1-3-15(19)18-13/h1-9H,10,16H2. The van der Waals surface area contributed by atoms with Crippen LogP contribution in [0.5, 0.6) is 0 Å². The van der Waals surface area contributed by atoms with E-state index in [-0.39, 0.29) is 0 Å². The summed E-state index contributed by atoms with van der Waals surface area (Å²) in [6.07, 6.45) is 5.87. The van der Waals surface area contributed by atoms with E-state index in [2.05, 4.69) is 10.1 Å². The average Bonchev–Trinajstić information content (AvgIpc) is 3.03. The molecule has 0 fully saturated rings. The average molecular weight is 263 g/mol. The third-order valence-corrected chi connectivity index (χ3v) is 3.39. The van der Waals surface area contributed by atoms with Crippen LogP contribution in [0, 0.1) is 0 Å². The molecule has 20 heavy (non-hydrogen) atoms. The minimum absolute atomic E-state index is 0.634. The van der Waals surface area contributed by atoms with Gasteiger partial charge in [0, 0.05) is 23.5 Å². The Hall–Kier alpha value is -2.82. The largest absolute Gasteiger partial charge is 0.399 e. The molecular formula is C15H13N5. The molecule has 3 aromatic heterocycles. The topological polar surface area (TPSA) is 61.1 Å². The van der Waals surface area contributed by atoms with Crippen LogP contribution >= 0.6 is 0 Å². The molecule has 0 spiro atoms. The zero-order chi connectivity index (χ0) is 13.5. The summed E-state index contributed by atoms with van der Waals surface area (Å²) in [6, 6.07) is 11.8. The minimum Gasteiger partial charge on any atom is -0.399 e. The molecule has 5 nitrogen and oxygen atoms in total. The van der Waals surface area contributed by atoms with Gasteiger partial charge in [-0.1, -0.05) is 6.07 Å². The van der Waals surface area contributed by atoms with Gasteiger partial charge >= 0.3 is 0 Å². The van der Waals surface area contributed by atoms with Crippen molar-refractivity contribution < 1.29 is 0 Å². The van der Waals surface area contributed by atoms with Gasteiger partial charge in [0.05, 0.1) is 24.0 Å². The van der Waals surface area contributed by atoms with Gasteiger partial charge in [0.25, 0.3) is 0 Å². The molecule has 4 rings (SSSR count). The Balaban J connectivity index is 1.78. The van der Waals surface area contributed by atoms with E-state index in [1.54, 1.807) is 0 Å². The molecular weight excluding hydrogens is 250 g/mol. The first-order valence-electron chi connectivity index (χ1n) is 6.43. The lowest BCUT2D eigenvalue weighted by Crippen LogP contribution is -2.01. The second-order valence-corrected chi connectivity index (χ2v) is 4.82. The van der Waals surface area contributed by atoms with Gasteiger partial charge in [0.1, 0.15) is 5.65 Å². The number of hydrogen-bond acceptors (Lipinski definition) is 3. The molecule has 0 saturated heterocycles. The summed E-state index contributed by atoms with van der Waals surface area (Å²) in [5.74, 6) is 0. The number of rotatable bonds is 2. The summed E-state index contributed by atoms with van der Waals surface area (Å²) < 4.78 is 3.93. The SMILES string of the molecule is Nc1ccc2cnn(Cc3cn4ccccc4n3)c2c1. The third-order valence-electron chi connectivity index (χ3n) is 3.39. The van der Waals surface area contributed by atoms with Crippen LogP contribution in [0.2, 0.25) is 0 Å². The Morgan fingerprint density at radius 3 is 3.00 bits per heavy atom. The quantitative estimate of drug-likeness (QED) is 0.564. The van der Waals surface area contributed by atoms with Crippen molar-refractivity contribution in [1.82, 2.24) is 19.2 Å². The molecule has 0 bridgehead atoms. The number of nitrogens with two attached hydrogens (primary N) is 1.